The number of aromatic nitrogens is 2. The van der Waals surface area contributed by atoms with Crippen LogP contribution in [0.2, 0.25) is 0 Å². The van der Waals surface area contributed by atoms with Gasteiger partial charge in [-0.05, 0) is 29.7 Å². The van der Waals surface area contributed by atoms with E-state index in [0.717, 1.165) is 23.8 Å². The summed E-state index contributed by atoms with van der Waals surface area (Å²) in [6.07, 6.45) is 6.84. The van der Waals surface area contributed by atoms with Gasteiger partial charge in [-0.2, -0.15) is 4.57 Å². The van der Waals surface area contributed by atoms with Gasteiger partial charge in [-0.15, -0.1) is 0 Å². The molecule has 0 fully saturated rings. The first-order valence-electron chi connectivity index (χ1n) is 7.10. The van der Waals surface area contributed by atoms with Crippen LogP contribution in [0.1, 0.15) is 21.5 Å². The molecule has 6 nitrogen and oxygen atoms in total. The summed E-state index contributed by atoms with van der Waals surface area (Å²) >= 11 is 0. The lowest BCUT2D eigenvalue weighted by molar-refractivity contribution is -0.670. The molecule has 0 N–H and O–H groups in total. The maximum absolute atomic E-state index is 12.5. The van der Waals surface area contributed by atoms with E-state index in [9.17, 15) is 9.59 Å². The fraction of sp³-hybridized carbons (Fsp3) is 0.312. The van der Waals surface area contributed by atoms with E-state index in [-0.39, 0.29) is 30.0 Å². The predicted molar refractivity (Wildman–Crippen MR) is 78.9 cm³/mol. The Kier molecular flexibility index (Phi) is 5.40. The summed E-state index contributed by atoms with van der Waals surface area (Å²) in [5, 5.41) is 0. The Labute approximate surface area is 151 Å². The molecule has 0 atom stereocenters. The molecule has 0 radical (unpaired) electrons. The molecule has 2 aromatic rings. The van der Waals surface area contributed by atoms with Crippen molar-refractivity contribution in [1.82, 2.24) is 9.47 Å². The number of methoxy groups -OCH3 is 1. The molecule has 122 valence electrons. The van der Waals surface area contributed by atoms with Crippen molar-refractivity contribution >= 4 is 12.3 Å². The van der Waals surface area contributed by atoms with Gasteiger partial charge in [-0.3, -0.25) is 9.69 Å². The van der Waals surface area contributed by atoms with Crippen molar-refractivity contribution in [2.24, 2.45) is 7.05 Å². The van der Waals surface area contributed by atoms with E-state index in [4.69, 9.17) is 4.74 Å². The number of hydrogen-bond acceptors (Lipinski definition) is 3. The Morgan fingerprint density at radius 3 is 2.74 bits per heavy atom. The van der Waals surface area contributed by atoms with Gasteiger partial charge in [-0.25, -0.2) is 9.36 Å². The van der Waals surface area contributed by atoms with Crippen molar-refractivity contribution in [3.8, 4) is 5.75 Å². The van der Waals surface area contributed by atoms with Crippen LogP contribution >= 0.6 is 0 Å². The average molecular weight is 427 g/mol. The molecule has 1 aromatic heterocycles. The minimum absolute atomic E-state index is 0. The molecule has 0 unspecified atom stereocenters. The van der Waals surface area contributed by atoms with Gasteiger partial charge in [0.05, 0.1) is 19.7 Å². The van der Waals surface area contributed by atoms with Crippen molar-refractivity contribution in [3.63, 3.8) is 0 Å². The number of nitrogens with zero attached hydrogens (tertiary/aromatic N) is 3. The lowest BCUT2D eigenvalue weighted by Crippen LogP contribution is -3.00. The van der Waals surface area contributed by atoms with Gasteiger partial charge in [0, 0.05) is 13.1 Å². The highest BCUT2D eigenvalue weighted by Crippen LogP contribution is 2.27. The third kappa shape index (κ3) is 3.39. The molecule has 3 rings (SSSR count). The quantitative estimate of drug-likeness (QED) is 0.322. The number of rotatable bonds is 2. The van der Waals surface area contributed by atoms with Crippen LogP contribution in [0, 0.1) is 0 Å². The molecule has 0 bridgehead atoms. The fourth-order valence-corrected chi connectivity index (χ4v) is 2.76. The van der Waals surface area contributed by atoms with Crippen molar-refractivity contribution in [2.75, 3.05) is 13.7 Å². The van der Waals surface area contributed by atoms with Gasteiger partial charge in [0.25, 0.3) is 6.33 Å². The number of carbonyl (C=O) groups is 2. The van der Waals surface area contributed by atoms with Gasteiger partial charge in [0.1, 0.15) is 18.1 Å². The van der Waals surface area contributed by atoms with Crippen molar-refractivity contribution < 1.29 is 42.9 Å². The highest BCUT2D eigenvalue weighted by atomic mass is 127. The van der Waals surface area contributed by atoms with Gasteiger partial charge < -0.3 is 28.7 Å². The Morgan fingerprint density at radius 2 is 2.13 bits per heavy atom. The van der Waals surface area contributed by atoms with Crippen molar-refractivity contribution in [2.45, 2.75) is 13.0 Å². The second kappa shape index (κ2) is 7.12. The second-order valence-electron chi connectivity index (χ2n) is 5.42. The number of ether oxygens (including phenoxy) is 1. The SMILES string of the molecule is COc1cc2c(cc1C=O)CN(C(=O)n1cc[n+](C)c1)CC2.[I-]. The molecule has 1 amide bonds. The van der Waals surface area contributed by atoms with E-state index in [1.165, 1.54) is 0 Å². The standard InChI is InChI=1S/C16H18N3O3.HI/c1-17-5-6-19(11-17)16(21)18-4-3-12-8-15(22-2)14(10-20)7-13(12)9-18;/h5-8,10-11H,3-4,9H2,1-2H3;1H/q+1;/p-1. The molecular formula is C16H18IN3O3. The minimum Gasteiger partial charge on any atom is -1.00 e. The van der Waals surface area contributed by atoms with Gasteiger partial charge in [-0.1, -0.05) is 0 Å². The maximum Gasteiger partial charge on any atom is 0.416 e. The minimum atomic E-state index is -0.0604. The number of benzene rings is 1. The Hall–Kier alpha value is -1.90. The molecule has 0 saturated heterocycles. The Balaban J connectivity index is 0.00000192. The molecular weight excluding hydrogens is 409 g/mol. The summed E-state index contributed by atoms with van der Waals surface area (Å²) in [6, 6.07) is 3.65. The third-order valence-corrected chi connectivity index (χ3v) is 3.95. The van der Waals surface area contributed by atoms with Gasteiger partial charge >= 0.3 is 6.03 Å². The van der Waals surface area contributed by atoms with Crippen LogP contribution in [0.15, 0.2) is 30.9 Å². The maximum atomic E-state index is 12.5. The van der Waals surface area contributed by atoms with Gasteiger partial charge in [0.2, 0.25) is 0 Å². The molecule has 0 spiro atoms. The number of carbonyl (C=O) groups excluding carboxylic acids is 2. The highest BCUT2D eigenvalue weighted by molar-refractivity contribution is 5.81. The predicted octanol–water partition coefficient (Wildman–Crippen LogP) is -1.84. The second-order valence-corrected chi connectivity index (χ2v) is 5.42. The van der Waals surface area contributed by atoms with Crippen molar-refractivity contribution in [3.05, 3.63) is 47.5 Å². The third-order valence-electron chi connectivity index (χ3n) is 3.95. The molecule has 0 saturated carbocycles. The number of hydrogen-bond donors (Lipinski definition) is 0. The number of imidazole rings is 1. The molecule has 0 aliphatic carbocycles. The summed E-state index contributed by atoms with van der Waals surface area (Å²) in [6.45, 7) is 1.15. The fourth-order valence-electron chi connectivity index (χ4n) is 2.76. The normalized spacial score (nSPS) is 13.0. The summed E-state index contributed by atoms with van der Waals surface area (Å²) < 4.78 is 8.62. The number of aldehydes is 1. The van der Waals surface area contributed by atoms with E-state index in [0.29, 0.717) is 24.4 Å². The van der Waals surface area contributed by atoms with E-state index < -0.39 is 0 Å². The summed E-state index contributed by atoms with van der Waals surface area (Å²) in [7, 11) is 3.43. The number of aryl methyl sites for hydroxylation is 1. The number of fused-ring (bicyclic) bond motifs is 1. The van der Waals surface area contributed by atoms with E-state index in [1.54, 1.807) is 29.1 Å². The van der Waals surface area contributed by atoms with Gasteiger partial charge in [0.15, 0.2) is 6.29 Å². The highest BCUT2D eigenvalue weighted by Gasteiger charge is 2.26. The van der Waals surface area contributed by atoms with E-state index in [1.807, 2.05) is 29.9 Å². The first kappa shape index (κ1) is 17.5. The smallest absolute Gasteiger partial charge is 0.416 e. The molecule has 23 heavy (non-hydrogen) atoms. The van der Waals surface area contributed by atoms with E-state index in [2.05, 4.69) is 0 Å². The molecule has 2 heterocycles. The first-order chi connectivity index (χ1) is 10.6. The monoisotopic (exact) mass is 427 g/mol. The zero-order valence-electron chi connectivity index (χ0n) is 13.0. The summed E-state index contributed by atoms with van der Waals surface area (Å²) in [5.41, 5.74) is 2.64. The van der Waals surface area contributed by atoms with Crippen LogP contribution in [0.25, 0.3) is 0 Å². The lowest BCUT2D eigenvalue weighted by Gasteiger charge is -2.27. The molecule has 1 aliphatic heterocycles. The zero-order valence-corrected chi connectivity index (χ0v) is 15.2. The van der Waals surface area contributed by atoms with Crippen LogP contribution < -0.4 is 33.3 Å². The van der Waals surface area contributed by atoms with Crippen LogP contribution in [-0.4, -0.2) is 35.4 Å². The van der Waals surface area contributed by atoms with Crippen LogP contribution in [-0.2, 0) is 20.0 Å². The zero-order chi connectivity index (χ0) is 15.7. The van der Waals surface area contributed by atoms with Crippen LogP contribution in [0.3, 0.4) is 0 Å². The number of amides is 1. The molecule has 1 aromatic carbocycles. The topological polar surface area (TPSA) is 55.4 Å². The average Bonchev–Trinajstić information content (AvgIpc) is 2.98. The molecule has 7 heteroatoms. The summed E-state index contributed by atoms with van der Waals surface area (Å²) in [5.74, 6) is 0.589. The van der Waals surface area contributed by atoms with Crippen LogP contribution in [0.4, 0.5) is 4.79 Å². The Morgan fingerprint density at radius 1 is 1.35 bits per heavy atom. The van der Waals surface area contributed by atoms with E-state index >= 15 is 0 Å². The largest absolute Gasteiger partial charge is 1.00 e. The van der Waals surface area contributed by atoms with Crippen molar-refractivity contribution in [1.29, 1.82) is 0 Å². The number of halogens is 1. The van der Waals surface area contributed by atoms with Crippen LogP contribution in [0.5, 0.6) is 5.75 Å². The molecule has 1 aliphatic rings. The first-order valence-corrected chi connectivity index (χ1v) is 7.10. The lowest BCUT2D eigenvalue weighted by atomic mass is 9.97. The Bertz CT molecular complexity index is 742. The summed E-state index contributed by atoms with van der Waals surface area (Å²) in [4.78, 5) is 25.4.